The van der Waals surface area contributed by atoms with Gasteiger partial charge in [0, 0.05) is 13.2 Å². The van der Waals surface area contributed by atoms with Gasteiger partial charge in [-0.1, -0.05) is 18.5 Å². The second-order valence-corrected chi connectivity index (χ2v) is 6.82. The summed E-state index contributed by atoms with van der Waals surface area (Å²) in [6, 6.07) is 2.90. The second-order valence-electron chi connectivity index (χ2n) is 4.76. The Bertz CT molecular complexity index is 784. The molecule has 0 bridgehead atoms. The van der Waals surface area contributed by atoms with E-state index in [2.05, 4.69) is 9.82 Å². The van der Waals surface area contributed by atoms with Crippen molar-refractivity contribution in [3.05, 3.63) is 34.6 Å². The number of sulfonamides is 1. The van der Waals surface area contributed by atoms with E-state index in [1.165, 1.54) is 12.1 Å². The number of aromatic nitrogens is 2. The van der Waals surface area contributed by atoms with E-state index in [0.717, 1.165) is 0 Å². The number of rotatable bonds is 4. The zero-order valence-corrected chi connectivity index (χ0v) is 13.6. The van der Waals surface area contributed by atoms with E-state index in [-0.39, 0.29) is 10.6 Å². The summed E-state index contributed by atoms with van der Waals surface area (Å²) < 4.78 is 29.2. The number of nitrogens with zero attached hydrogens (tertiary/aromatic N) is 2. The predicted molar refractivity (Wildman–Crippen MR) is 84.0 cm³/mol. The molecule has 114 valence electrons. The van der Waals surface area contributed by atoms with Crippen LogP contribution in [0.25, 0.3) is 0 Å². The first-order valence-corrected chi connectivity index (χ1v) is 8.21. The van der Waals surface area contributed by atoms with Crippen molar-refractivity contribution in [1.29, 1.82) is 0 Å². The molecule has 0 amide bonds. The molecule has 1 heterocycles. The van der Waals surface area contributed by atoms with Gasteiger partial charge in [-0.25, -0.2) is 8.42 Å². The van der Waals surface area contributed by atoms with Crippen LogP contribution in [0.5, 0.6) is 0 Å². The Hall–Kier alpha value is -1.73. The number of halogens is 1. The highest BCUT2D eigenvalue weighted by Gasteiger charge is 2.20. The summed E-state index contributed by atoms with van der Waals surface area (Å²) in [6.45, 7) is 3.58. The number of benzene rings is 1. The molecular weight excluding hydrogens is 312 g/mol. The maximum Gasteiger partial charge on any atom is 0.262 e. The molecule has 0 aliphatic rings. The molecule has 21 heavy (non-hydrogen) atoms. The third-order valence-electron chi connectivity index (χ3n) is 3.07. The van der Waals surface area contributed by atoms with Crippen LogP contribution in [0.15, 0.2) is 23.2 Å². The van der Waals surface area contributed by atoms with Gasteiger partial charge in [0.15, 0.2) is 0 Å². The van der Waals surface area contributed by atoms with Crippen molar-refractivity contribution in [1.82, 2.24) is 9.78 Å². The standard InChI is InChI=1S/C13H17ClN4O2S/c1-4-11-12(7-18(3)16-11)17-21(19,20)13-6-10(15)9(14)5-8(13)2/h5-7,17H,4,15H2,1-3H3. The molecule has 2 rings (SSSR count). The van der Waals surface area contributed by atoms with E-state index >= 15 is 0 Å². The van der Waals surface area contributed by atoms with Crippen molar-refractivity contribution in [2.24, 2.45) is 7.05 Å². The lowest BCUT2D eigenvalue weighted by molar-refractivity contribution is 0.600. The number of aryl methyl sites for hydroxylation is 3. The second kappa shape index (κ2) is 5.57. The molecule has 0 atom stereocenters. The van der Waals surface area contributed by atoms with Crippen LogP contribution in [0.3, 0.4) is 0 Å². The van der Waals surface area contributed by atoms with E-state index < -0.39 is 10.0 Å². The number of anilines is 2. The van der Waals surface area contributed by atoms with Gasteiger partial charge in [0.25, 0.3) is 10.0 Å². The molecule has 3 N–H and O–H groups in total. The summed E-state index contributed by atoms with van der Waals surface area (Å²) in [5.74, 6) is 0. The number of nitrogens with one attached hydrogen (secondary N) is 1. The summed E-state index contributed by atoms with van der Waals surface area (Å²) in [4.78, 5) is 0.107. The topological polar surface area (TPSA) is 90.0 Å². The van der Waals surface area contributed by atoms with Crippen LogP contribution in [-0.2, 0) is 23.5 Å². The molecule has 0 spiro atoms. The SMILES string of the molecule is CCc1nn(C)cc1NS(=O)(=O)c1cc(N)c(Cl)cc1C. The van der Waals surface area contributed by atoms with Crippen molar-refractivity contribution in [2.75, 3.05) is 10.5 Å². The molecule has 8 heteroatoms. The average Bonchev–Trinajstić information content (AvgIpc) is 2.72. The third kappa shape index (κ3) is 3.14. The van der Waals surface area contributed by atoms with Crippen molar-refractivity contribution in [3.63, 3.8) is 0 Å². The lowest BCUT2D eigenvalue weighted by Gasteiger charge is -2.11. The summed E-state index contributed by atoms with van der Waals surface area (Å²) >= 11 is 5.89. The summed E-state index contributed by atoms with van der Waals surface area (Å²) in [5.41, 5.74) is 7.60. The molecule has 2 aromatic rings. The zero-order chi connectivity index (χ0) is 15.8. The zero-order valence-electron chi connectivity index (χ0n) is 12.0. The maximum atomic E-state index is 12.5. The van der Waals surface area contributed by atoms with E-state index in [1.54, 1.807) is 24.9 Å². The van der Waals surface area contributed by atoms with Crippen LogP contribution in [-0.4, -0.2) is 18.2 Å². The summed E-state index contributed by atoms with van der Waals surface area (Å²) in [5, 5.41) is 4.54. The van der Waals surface area contributed by atoms with E-state index in [1.807, 2.05) is 6.92 Å². The van der Waals surface area contributed by atoms with Crippen LogP contribution in [0.1, 0.15) is 18.2 Å². The number of nitrogens with two attached hydrogens (primary N) is 1. The average molecular weight is 329 g/mol. The molecule has 0 fully saturated rings. The Kier molecular flexibility index (Phi) is 4.15. The molecule has 1 aromatic heterocycles. The van der Waals surface area contributed by atoms with Crippen molar-refractivity contribution < 1.29 is 8.42 Å². The minimum Gasteiger partial charge on any atom is -0.397 e. The molecule has 0 radical (unpaired) electrons. The third-order valence-corrected chi connectivity index (χ3v) is 4.90. The van der Waals surface area contributed by atoms with Crippen LogP contribution < -0.4 is 10.5 Å². The van der Waals surface area contributed by atoms with Crippen LogP contribution in [0, 0.1) is 6.92 Å². The Morgan fingerprint density at radius 1 is 1.43 bits per heavy atom. The quantitative estimate of drug-likeness (QED) is 0.843. The molecular formula is C13H17ClN4O2S. The minimum absolute atomic E-state index is 0.107. The largest absolute Gasteiger partial charge is 0.397 e. The number of nitrogen functional groups attached to an aromatic ring is 1. The van der Waals surface area contributed by atoms with Crippen molar-refractivity contribution >= 4 is 33.0 Å². The fraction of sp³-hybridized carbons (Fsp3) is 0.308. The van der Waals surface area contributed by atoms with Crippen LogP contribution in [0.2, 0.25) is 5.02 Å². The smallest absolute Gasteiger partial charge is 0.262 e. The van der Waals surface area contributed by atoms with Gasteiger partial charge in [0.2, 0.25) is 0 Å². The highest BCUT2D eigenvalue weighted by molar-refractivity contribution is 7.92. The van der Waals surface area contributed by atoms with Gasteiger partial charge >= 0.3 is 0 Å². The van der Waals surface area contributed by atoms with Gasteiger partial charge in [-0.15, -0.1) is 0 Å². The van der Waals surface area contributed by atoms with E-state index in [9.17, 15) is 8.42 Å². The molecule has 0 aliphatic carbocycles. The maximum absolute atomic E-state index is 12.5. The molecule has 0 aliphatic heterocycles. The first-order valence-electron chi connectivity index (χ1n) is 6.35. The van der Waals surface area contributed by atoms with Gasteiger partial charge in [-0.2, -0.15) is 5.10 Å². The van der Waals surface area contributed by atoms with Gasteiger partial charge in [-0.3, -0.25) is 9.40 Å². The van der Waals surface area contributed by atoms with E-state index in [4.69, 9.17) is 17.3 Å². The van der Waals surface area contributed by atoms with Crippen LogP contribution in [0.4, 0.5) is 11.4 Å². The predicted octanol–water partition coefficient (Wildman–Crippen LogP) is 2.33. The number of hydrogen-bond donors (Lipinski definition) is 2. The monoisotopic (exact) mass is 328 g/mol. The van der Waals surface area contributed by atoms with Crippen molar-refractivity contribution in [3.8, 4) is 0 Å². The summed E-state index contributed by atoms with van der Waals surface area (Å²) in [7, 11) is -2.01. The Morgan fingerprint density at radius 2 is 2.10 bits per heavy atom. The first kappa shape index (κ1) is 15.7. The van der Waals surface area contributed by atoms with Gasteiger partial charge in [0.1, 0.15) is 0 Å². The normalized spacial score (nSPS) is 11.6. The minimum atomic E-state index is -3.74. The Balaban J connectivity index is 2.45. The highest BCUT2D eigenvalue weighted by Crippen LogP contribution is 2.28. The first-order chi connectivity index (χ1) is 9.74. The number of hydrogen-bond acceptors (Lipinski definition) is 4. The lowest BCUT2D eigenvalue weighted by Crippen LogP contribution is -2.15. The molecule has 6 nitrogen and oxygen atoms in total. The Labute approximate surface area is 129 Å². The van der Waals surface area contributed by atoms with Gasteiger partial charge in [0.05, 0.1) is 27.0 Å². The van der Waals surface area contributed by atoms with Gasteiger partial charge < -0.3 is 5.73 Å². The molecule has 1 aromatic carbocycles. The van der Waals surface area contributed by atoms with Crippen molar-refractivity contribution in [2.45, 2.75) is 25.2 Å². The fourth-order valence-corrected chi connectivity index (χ4v) is 3.59. The molecule has 0 saturated carbocycles. The molecule has 0 saturated heterocycles. The van der Waals surface area contributed by atoms with E-state index in [0.29, 0.717) is 28.4 Å². The van der Waals surface area contributed by atoms with Crippen LogP contribution >= 0.6 is 11.6 Å². The summed E-state index contributed by atoms with van der Waals surface area (Å²) in [6.07, 6.45) is 2.26. The fourth-order valence-electron chi connectivity index (χ4n) is 2.04. The highest BCUT2D eigenvalue weighted by atomic mass is 35.5. The molecule has 0 unspecified atom stereocenters. The lowest BCUT2D eigenvalue weighted by atomic mass is 10.2. The Morgan fingerprint density at radius 3 is 2.71 bits per heavy atom. The van der Waals surface area contributed by atoms with Gasteiger partial charge in [-0.05, 0) is 31.0 Å².